The average molecular weight is 424 g/mol. The first-order chi connectivity index (χ1) is 14.8. The number of hydrogen-bond donors (Lipinski definition) is 2. The number of carboxylic acid groups (broad SMARTS) is 1. The topological polar surface area (TPSA) is 91.0 Å². The minimum absolute atomic E-state index is 0.000817. The first-order valence-corrected chi connectivity index (χ1v) is 11.0. The zero-order chi connectivity index (χ0) is 22.3. The van der Waals surface area contributed by atoms with Crippen molar-refractivity contribution in [3.05, 3.63) is 41.5 Å². The number of nitrogens with zero attached hydrogens (tertiary/aromatic N) is 1. The van der Waals surface area contributed by atoms with Crippen molar-refractivity contribution < 1.29 is 24.2 Å². The Hall–Kier alpha value is -2.86. The van der Waals surface area contributed by atoms with Gasteiger partial charge in [0.05, 0.1) is 17.9 Å². The highest BCUT2D eigenvalue weighted by atomic mass is 16.4. The molecule has 1 heterocycles. The number of carboxylic acids is 1. The van der Waals surface area contributed by atoms with E-state index >= 15 is 0 Å². The summed E-state index contributed by atoms with van der Waals surface area (Å²) in [6.45, 7) is 5.94. The zero-order valence-electron chi connectivity index (χ0n) is 18.2. The summed E-state index contributed by atoms with van der Waals surface area (Å²) in [5.74, 6) is -0.545. The van der Waals surface area contributed by atoms with Crippen LogP contribution in [-0.2, 0) is 11.4 Å². The van der Waals surface area contributed by atoms with Gasteiger partial charge in [-0.15, -0.1) is 0 Å². The molecule has 2 aromatic carbocycles. The predicted octanol–water partition coefficient (Wildman–Crippen LogP) is 5.34. The van der Waals surface area contributed by atoms with Crippen LogP contribution in [0.25, 0.3) is 21.9 Å². The van der Waals surface area contributed by atoms with E-state index in [0.29, 0.717) is 22.8 Å². The van der Waals surface area contributed by atoms with E-state index in [2.05, 4.69) is 6.92 Å². The van der Waals surface area contributed by atoms with Crippen LogP contribution in [0.3, 0.4) is 0 Å². The lowest BCUT2D eigenvalue weighted by atomic mass is 9.82. The highest BCUT2D eigenvalue weighted by Gasteiger charge is 2.32. The minimum atomic E-state index is -1.09. The maximum Gasteiger partial charge on any atom is 0.337 e. The maximum absolute atomic E-state index is 13.5. The Bertz CT molecular complexity index is 1140. The zero-order valence-corrected chi connectivity index (χ0v) is 18.2. The van der Waals surface area contributed by atoms with Crippen molar-refractivity contribution in [2.24, 2.45) is 11.8 Å². The molecule has 0 aliphatic heterocycles. The maximum atomic E-state index is 13.5. The first kappa shape index (κ1) is 21.4. The molecule has 6 nitrogen and oxygen atoms in total. The van der Waals surface area contributed by atoms with E-state index in [0.717, 1.165) is 42.0 Å². The van der Waals surface area contributed by atoms with Crippen molar-refractivity contribution in [1.82, 2.24) is 0 Å². The number of hydrogen-bond acceptors (Lipinski definition) is 4. The molecule has 0 unspecified atom stereocenters. The standard InChI is InChI=1S/C25H29NO5/c1-14(2)26(24(28)17-7-4-15(3)5-8-17)21-11-19-18-9-6-16(13-27)10-22(18)31-23(19)12-20(21)25(29)30/h6,9-12,14-15,17,27H,4-5,7-8,13H2,1-3H3,(H,29,30). The number of aliphatic hydroxyl groups is 1. The summed E-state index contributed by atoms with van der Waals surface area (Å²) in [5, 5.41) is 20.9. The van der Waals surface area contributed by atoms with Crippen LogP contribution in [0.1, 0.15) is 62.4 Å². The molecule has 1 aromatic heterocycles. The molecule has 1 aliphatic carbocycles. The molecule has 1 fully saturated rings. The van der Waals surface area contributed by atoms with Crippen molar-refractivity contribution in [2.75, 3.05) is 4.90 Å². The molecule has 3 aromatic rings. The molecule has 0 spiro atoms. The molecule has 2 N–H and O–H groups in total. The fourth-order valence-corrected chi connectivity index (χ4v) is 4.68. The van der Waals surface area contributed by atoms with Crippen molar-refractivity contribution in [1.29, 1.82) is 0 Å². The van der Waals surface area contributed by atoms with Gasteiger partial charge in [-0.3, -0.25) is 4.79 Å². The van der Waals surface area contributed by atoms with Gasteiger partial charge in [0.2, 0.25) is 5.91 Å². The van der Waals surface area contributed by atoms with Gasteiger partial charge in [0.1, 0.15) is 11.2 Å². The Morgan fingerprint density at radius 3 is 2.35 bits per heavy atom. The summed E-state index contributed by atoms with van der Waals surface area (Å²) < 4.78 is 5.89. The van der Waals surface area contributed by atoms with E-state index in [-0.39, 0.29) is 30.0 Å². The molecule has 6 heteroatoms. The fourth-order valence-electron chi connectivity index (χ4n) is 4.68. The van der Waals surface area contributed by atoms with Gasteiger partial charge >= 0.3 is 5.97 Å². The Balaban J connectivity index is 1.86. The summed E-state index contributed by atoms with van der Waals surface area (Å²) in [6, 6.07) is 8.53. The highest BCUT2D eigenvalue weighted by molar-refractivity contribution is 6.12. The molecule has 0 bridgehead atoms. The van der Waals surface area contributed by atoms with Crippen molar-refractivity contribution in [3.63, 3.8) is 0 Å². The largest absolute Gasteiger partial charge is 0.478 e. The predicted molar refractivity (Wildman–Crippen MR) is 120 cm³/mol. The van der Waals surface area contributed by atoms with E-state index in [1.165, 1.54) is 6.07 Å². The van der Waals surface area contributed by atoms with E-state index in [4.69, 9.17) is 4.42 Å². The van der Waals surface area contributed by atoms with Crippen LogP contribution in [-0.4, -0.2) is 28.1 Å². The normalized spacial score (nSPS) is 19.3. The van der Waals surface area contributed by atoms with Crippen LogP contribution in [0, 0.1) is 11.8 Å². The molecule has 0 radical (unpaired) electrons. The lowest BCUT2D eigenvalue weighted by molar-refractivity contribution is -0.123. The van der Waals surface area contributed by atoms with Gasteiger partial charge < -0.3 is 19.5 Å². The average Bonchev–Trinajstić information content (AvgIpc) is 3.10. The Morgan fingerprint density at radius 2 is 1.74 bits per heavy atom. The SMILES string of the molecule is CC1CCC(C(=O)N(c2cc3c(cc2C(=O)O)oc2cc(CO)ccc23)C(C)C)CC1. The number of anilines is 1. The number of furan rings is 1. The molecule has 4 rings (SSSR count). The third-order valence-corrected chi connectivity index (χ3v) is 6.45. The molecular formula is C25H29NO5. The van der Waals surface area contributed by atoms with Crippen LogP contribution >= 0.6 is 0 Å². The Labute approximate surface area is 181 Å². The molecule has 1 amide bonds. The second-order valence-corrected chi connectivity index (χ2v) is 9.02. The lowest BCUT2D eigenvalue weighted by Crippen LogP contribution is -2.42. The van der Waals surface area contributed by atoms with E-state index in [9.17, 15) is 19.8 Å². The molecule has 31 heavy (non-hydrogen) atoms. The van der Waals surface area contributed by atoms with Gasteiger partial charge in [0, 0.05) is 22.7 Å². The third-order valence-electron chi connectivity index (χ3n) is 6.45. The number of rotatable bonds is 5. The van der Waals surface area contributed by atoms with Crippen LogP contribution < -0.4 is 4.90 Å². The van der Waals surface area contributed by atoms with Crippen LogP contribution in [0.2, 0.25) is 0 Å². The Kier molecular flexibility index (Phi) is 5.75. The second-order valence-electron chi connectivity index (χ2n) is 9.02. The molecule has 0 saturated heterocycles. The van der Waals surface area contributed by atoms with Crippen LogP contribution in [0.15, 0.2) is 34.7 Å². The molecule has 1 aliphatic rings. The third kappa shape index (κ3) is 3.92. The second kappa shape index (κ2) is 8.35. The summed E-state index contributed by atoms with van der Waals surface area (Å²) in [6.07, 6.45) is 3.72. The number of amides is 1. The molecule has 164 valence electrons. The monoisotopic (exact) mass is 423 g/mol. The fraction of sp³-hybridized carbons (Fsp3) is 0.440. The summed E-state index contributed by atoms with van der Waals surface area (Å²) >= 11 is 0. The van der Waals surface area contributed by atoms with E-state index < -0.39 is 5.97 Å². The first-order valence-electron chi connectivity index (χ1n) is 11.0. The number of fused-ring (bicyclic) bond motifs is 3. The van der Waals surface area contributed by atoms with Crippen molar-refractivity contribution in [3.8, 4) is 0 Å². The van der Waals surface area contributed by atoms with E-state index in [1.54, 1.807) is 17.0 Å². The number of benzene rings is 2. The van der Waals surface area contributed by atoms with Gasteiger partial charge in [-0.25, -0.2) is 4.79 Å². The lowest BCUT2D eigenvalue weighted by Gasteiger charge is -2.34. The summed E-state index contributed by atoms with van der Waals surface area (Å²) in [5.41, 5.74) is 2.22. The van der Waals surface area contributed by atoms with Crippen molar-refractivity contribution >= 4 is 39.5 Å². The molecular weight excluding hydrogens is 394 g/mol. The summed E-state index contributed by atoms with van der Waals surface area (Å²) in [7, 11) is 0. The van der Waals surface area contributed by atoms with Gasteiger partial charge in [0.15, 0.2) is 0 Å². The van der Waals surface area contributed by atoms with Gasteiger partial charge in [-0.1, -0.05) is 19.1 Å². The van der Waals surface area contributed by atoms with Crippen LogP contribution in [0.5, 0.6) is 0 Å². The molecule has 0 atom stereocenters. The summed E-state index contributed by atoms with van der Waals surface area (Å²) in [4.78, 5) is 27.3. The molecule has 1 saturated carbocycles. The number of aromatic carboxylic acids is 1. The van der Waals surface area contributed by atoms with Gasteiger partial charge in [-0.05, 0) is 69.2 Å². The quantitative estimate of drug-likeness (QED) is 0.578. The van der Waals surface area contributed by atoms with Gasteiger partial charge in [-0.2, -0.15) is 0 Å². The number of carbonyl (C=O) groups excluding carboxylic acids is 1. The Morgan fingerprint density at radius 1 is 1.06 bits per heavy atom. The number of aliphatic hydroxyl groups excluding tert-OH is 1. The highest BCUT2D eigenvalue weighted by Crippen LogP contribution is 2.37. The number of carbonyl (C=O) groups is 2. The van der Waals surface area contributed by atoms with Gasteiger partial charge in [0.25, 0.3) is 0 Å². The van der Waals surface area contributed by atoms with E-state index in [1.807, 2.05) is 26.0 Å². The minimum Gasteiger partial charge on any atom is -0.478 e. The van der Waals surface area contributed by atoms with Crippen molar-refractivity contribution in [2.45, 2.75) is 59.1 Å². The smallest absolute Gasteiger partial charge is 0.337 e. The van der Waals surface area contributed by atoms with Crippen LogP contribution in [0.4, 0.5) is 5.69 Å².